The lowest BCUT2D eigenvalue weighted by molar-refractivity contribution is 0.100. The van der Waals surface area contributed by atoms with Crippen LogP contribution in [-0.4, -0.2) is 11.6 Å². The van der Waals surface area contributed by atoms with Crippen molar-refractivity contribution >= 4 is 39.7 Å². The van der Waals surface area contributed by atoms with E-state index in [4.69, 9.17) is 0 Å². The molecule has 0 radical (unpaired) electrons. The van der Waals surface area contributed by atoms with Gasteiger partial charge in [-0.05, 0) is 46.4 Å². The minimum absolute atomic E-state index is 0.0867. The second kappa shape index (κ2) is 4.74. The first-order chi connectivity index (χ1) is 9.16. The normalized spacial score (nSPS) is 14.1. The highest BCUT2D eigenvalue weighted by molar-refractivity contribution is 14.1. The number of hydrogen-bond acceptors (Lipinski definition) is 2. The maximum Gasteiger partial charge on any atom is 0.194 e. The topological polar surface area (TPSA) is 34.1 Å². The lowest BCUT2D eigenvalue weighted by Crippen LogP contribution is -2.15. The molecule has 0 saturated heterocycles. The van der Waals surface area contributed by atoms with Crippen molar-refractivity contribution in [1.82, 2.24) is 0 Å². The van der Waals surface area contributed by atoms with Gasteiger partial charge in [0.2, 0.25) is 0 Å². The summed E-state index contributed by atoms with van der Waals surface area (Å²) in [5.41, 5.74) is 2.23. The number of ketones is 2. The molecule has 0 saturated carbocycles. The van der Waals surface area contributed by atoms with Gasteiger partial charge in [0.15, 0.2) is 11.6 Å². The van der Waals surface area contributed by atoms with Crippen molar-refractivity contribution < 1.29 is 9.59 Å². The van der Waals surface area contributed by atoms with Gasteiger partial charge in [0.25, 0.3) is 0 Å². The van der Waals surface area contributed by atoms with E-state index < -0.39 is 0 Å². The summed E-state index contributed by atoms with van der Waals surface area (Å²) in [5.74, 6) is -0.194. The number of Topliss-reactive ketones (excluding diaryl/α,β-unsaturated/α-hetero) is 1. The van der Waals surface area contributed by atoms with Gasteiger partial charge in [0.1, 0.15) is 0 Å². The van der Waals surface area contributed by atoms with Crippen LogP contribution < -0.4 is 0 Å². The molecular formula is C16H9IO2. The molecule has 0 aromatic heterocycles. The average molecular weight is 360 g/mol. The number of rotatable bonds is 1. The highest BCUT2D eigenvalue weighted by atomic mass is 127. The van der Waals surface area contributed by atoms with Crippen LogP contribution in [-0.2, 0) is 0 Å². The minimum atomic E-state index is -0.108. The van der Waals surface area contributed by atoms with Crippen molar-refractivity contribution in [1.29, 1.82) is 0 Å². The third-order valence-electron chi connectivity index (χ3n) is 3.11. The van der Waals surface area contributed by atoms with Gasteiger partial charge in [-0.2, -0.15) is 0 Å². The van der Waals surface area contributed by atoms with E-state index in [1.54, 1.807) is 24.3 Å². The monoisotopic (exact) mass is 360 g/mol. The van der Waals surface area contributed by atoms with Crippen LogP contribution in [0, 0.1) is 3.57 Å². The number of hydrogen-bond donors (Lipinski definition) is 0. The standard InChI is InChI=1S/C16H9IO2/c17-11-7-5-10(6-8-11)14-9-15(18)12-3-1-2-4-13(12)16(14)19/h1-9H. The molecule has 0 spiro atoms. The molecule has 2 nitrogen and oxygen atoms in total. The van der Waals surface area contributed by atoms with E-state index in [0.29, 0.717) is 16.7 Å². The molecular weight excluding hydrogens is 351 g/mol. The van der Waals surface area contributed by atoms with Gasteiger partial charge in [0.05, 0.1) is 0 Å². The molecule has 0 aliphatic heterocycles. The van der Waals surface area contributed by atoms with Crippen LogP contribution in [0.1, 0.15) is 26.3 Å². The van der Waals surface area contributed by atoms with Crippen LogP contribution in [0.3, 0.4) is 0 Å². The summed E-state index contributed by atoms with van der Waals surface area (Å²) in [6.45, 7) is 0. The Kier molecular flexibility index (Phi) is 3.06. The van der Waals surface area contributed by atoms with E-state index in [0.717, 1.165) is 9.13 Å². The molecule has 0 atom stereocenters. The molecule has 0 fully saturated rings. The SMILES string of the molecule is O=C1C=C(c2ccc(I)cc2)C(=O)c2ccccc21. The lowest BCUT2D eigenvalue weighted by atomic mass is 9.86. The first-order valence-electron chi connectivity index (χ1n) is 5.82. The zero-order valence-corrected chi connectivity index (χ0v) is 12.0. The minimum Gasteiger partial charge on any atom is -0.289 e. The van der Waals surface area contributed by atoms with E-state index in [9.17, 15) is 9.59 Å². The fourth-order valence-electron chi connectivity index (χ4n) is 2.16. The summed E-state index contributed by atoms with van der Waals surface area (Å²) >= 11 is 2.21. The van der Waals surface area contributed by atoms with Crippen molar-refractivity contribution in [3.8, 4) is 0 Å². The van der Waals surface area contributed by atoms with Gasteiger partial charge in [-0.1, -0.05) is 36.4 Å². The second-order valence-electron chi connectivity index (χ2n) is 4.30. The van der Waals surface area contributed by atoms with E-state index in [1.807, 2.05) is 24.3 Å². The lowest BCUT2D eigenvalue weighted by Gasteiger charge is -2.15. The Labute approximate surface area is 124 Å². The van der Waals surface area contributed by atoms with Crippen LogP contribution in [0.15, 0.2) is 54.6 Å². The summed E-state index contributed by atoms with van der Waals surface area (Å²) in [6.07, 6.45) is 1.44. The summed E-state index contributed by atoms with van der Waals surface area (Å²) < 4.78 is 1.09. The molecule has 0 N–H and O–H groups in total. The molecule has 3 rings (SSSR count). The number of benzene rings is 2. The fraction of sp³-hybridized carbons (Fsp3) is 0. The Morgan fingerprint density at radius 3 is 2.11 bits per heavy atom. The number of carbonyl (C=O) groups excluding carboxylic acids is 2. The molecule has 0 unspecified atom stereocenters. The molecule has 0 heterocycles. The van der Waals surface area contributed by atoms with Gasteiger partial charge in [-0.15, -0.1) is 0 Å². The average Bonchev–Trinajstić information content (AvgIpc) is 2.44. The van der Waals surface area contributed by atoms with Crippen molar-refractivity contribution in [2.24, 2.45) is 0 Å². The predicted octanol–water partition coefficient (Wildman–Crippen LogP) is 3.75. The maximum atomic E-state index is 12.4. The van der Waals surface area contributed by atoms with Gasteiger partial charge in [-0.25, -0.2) is 0 Å². The molecule has 19 heavy (non-hydrogen) atoms. The smallest absolute Gasteiger partial charge is 0.194 e. The summed E-state index contributed by atoms with van der Waals surface area (Å²) in [7, 11) is 0. The van der Waals surface area contributed by atoms with Crippen LogP contribution in [0.25, 0.3) is 5.57 Å². The first-order valence-corrected chi connectivity index (χ1v) is 6.90. The highest BCUT2D eigenvalue weighted by Crippen LogP contribution is 2.27. The summed E-state index contributed by atoms with van der Waals surface area (Å²) in [4.78, 5) is 24.5. The number of fused-ring (bicyclic) bond motifs is 1. The molecule has 0 amide bonds. The molecule has 1 aliphatic rings. The quantitative estimate of drug-likeness (QED) is 0.726. The number of allylic oxidation sites excluding steroid dienone is 2. The zero-order valence-electron chi connectivity index (χ0n) is 9.89. The van der Waals surface area contributed by atoms with E-state index in [2.05, 4.69) is 22.6 Å². The Morgan fingerprint density at radius 2 is 1.42 bits per heavy atom. The molecule has 3 heteroatoms. The summed E-state index contributed by atoms with van der Waals surface area (Å²) in [6, 6.07) is 14.5. The Morgan fingerprint density at radius 1 is 0.789 bits per heavy atom. The van der Waals surface area contributed by atoms with Crippen LogP contribution in [0.4, 0.5) is 0 Å². The maximum absolute atomic E-state index is 12.4. The third-order valence-corrected chi connectivity index (χ3v) is 3.83. The van der Waals surface area contributed by atoms with E-state index >= 15 is 0 Å². The molecule has 2 aromatic carbocycles. The van der Waals surface area contributed by atoms with Crippen molar-refractivity contribution in [2.75, 3.05) is 0 Å². The van der Waals surface area contributed by atoms with Gasteiger partial charge in [0, 0.05) is 20.3 Å². The molecule has 2 aromatic rings. The van der Waals surface area contributed by atoms with Crippen molar-refractivity contribution in [2.45, 2.75) is 0 Å². The fourth-order valence-corrected chi connectivity index (χ4v) is 2.52. The number of halogens is 1. The Hall–Kier alpha value is -1.75. The van der Waals surface area contributed by atoms with E-state index in [-0.39, 0.29) is 11.6 Å². The van der Waals surface area contributed by atoms with Crippen molar-refractivity contribution in [3.05, 3.63) is 74.9 Å². The zero-order chi connectivity index (χ0) is 13.4. The number of carbonyl (C=O) groups is 2. The predicted molar refractivity (Wildman–Crippen MR) is 82.2 cm³/mol. The third kappa shape index (κ3) is 2.14. The highest BCUT2D eigenvalue weighted by Gasteiger charge is 2.25. The largest absolute Gasteiger partial charge is 0.289 e. The van der Waals surface area contributed by atoms with Gasteiger partial charge < -0.3 is 0 Å². The van der Waals surface area contributed by atoms with Crippen LogP contribution in [0.2, 0.25) is 0 Å². The van der Waals surface area contributed by atoms with E-state index in [1.165, 1.54) is 6.08 Å². The summed E-state index contributed by atoms with van der Waals surface area (Å²) in [5, 5.41) is 0. The van der Waals surface area contributed by atoms with Crippen LogP contribution >= 0.6 is 22.6 Å². The Balaban J connectivity index is 2.13. The molecule has 92 valence electrons. The van der Waals surface area contributed by atoms with Gasteiger partial charge >= 0.3 is 0 Å². The van der Waals surface area contributed by atoms with Crippen LogP contribution in [0.5, 0.6) is 0 Å². The molecule has 0 bridgehead atoms. The second-order valence-corrected chi connectivity index (χ2v) is 5.55. The first kappa shape index (κ1) is 12.3. The Bertz CT molecular complexity index is 712. The van der Waals surface area contributed by atoms with Crippen molar-refractivity contribution in [3.63, 3.8) is 0 Å². The van der Waals surface area contributed by atoms with Gasteiger partial charge in [-0.3, -0.25) is 9.59 Å². The molecule has 1 aliphatic carbocycles.